The first-order chi connectivity index (χ1) is 12.9. The third-order valence-electron chi connectivity index (χ3n) is 5.34. The number of benzene rings is 1. The smallest absolute Gasteiger partial charge is 0.246 e. The molecule has 2 aromatic rings. The monoisotopic (exact) mass is 464 g/mol. The van der Waals surface area contributed by atoms with Crippen molar-refractivity contribution in [2.45, 2.75) is 57.3 Å². The number of rotatable bonds is 5. The zero-order valence-corrected chi connectivity index (χ0v) is 19.4. The van der Waals surface area contributed by atoms with Gasteiger partial charge < -0.3 is 29.5 Å². The Balaban J connectivity index is -0.000000234. The Labute approximate surface area is 198 Å². The number of para-hydroxylation sites is 1. The first kappa shape index (κ1) is 30.9. The van der Waals surface area contributed by atoms with Crippen LogP contribution in [0.25, 0.3) is 0 Å². The van der Waals surface area contributed by atoms with Crippen LogP contribution in [0.1, 0.15) is 68.8 Å². The maximum atomic E-state index is 4.87. The molecule has 1 aromatic heterocycles. The minimum absolute atomic E-state index is 0. The predicted molar refractivity (Wildman–Crippen MR) is 141 cm³/mol. The highest BCUT2D eigenvalue weighted by molar-refractivity contribution is 5.85. The van der Waals surface area contributed by atoms with Crippen molar-refractivity contribution in [3.8, 4) is 0 Å². The van der Waals surface area contributed by atoms with Gasteiger partial charge in [0.25, 0.3) is 0 Å². The lowest BCUT2D eigenvalue weighted by Gasteiger charge is -2.28. The average molecular weight is 465 g/mol. The molecule has 2 heterocycles. The van der Waals surface area contributed by atoms with Crippen molar-refractivity contribution in [3.05, 3.63) is 36.2 Å². The topological polar surface area (TPSA) is 206 Å². The molecule has 2 aliphatic rings. The van der Waals surface area contributed by atoms with Crippen molar-refractivity contribution in [1.82, 2.24) is 39.6 Å². The number of anilines is 3. The van der Waals surface area contributed by atoms with Crippen LogP contribution in [0, 0.1) is 0 Å². The van der Waals surface area contributed by atoms with Crippen molar-refractivity contribution in [3.63, 3.8) is 0 Å². The highest BCUT2D eigenvalue weighted by Crippen LogP contribution is 2.32. The molecule has 4 rings (SSSR count). The Bertz CT molecular complexity index is 688. The number of halogens is 1. The first-order valence-corrected chi connectivity index (χ1v) is 9.96. The quantitative estimate of drug-likeness (QED) is 0.268. The molecule has 1 aliphatic carbocycles. The Morgan fingerprint density at radius 1 is 0.742 bits per heavy atom. The van der Waals surface area contributed by atoms with Gasteiger partial charge in [0.1, 0.15) is 5.82 Å². The summed E-state index contributed by atoms with van der Waals surface area (Å²) in [5.74, 6) is 2.87. The van der Waals surface area contributed by atoms with E-state index in [0.717, 1.165) is 30.5 Å². The van der Waals surface area contributed by atoms with Crippen LogP contribution in [0.5, 0.6) is 0 Å². The molecule has 31 heavy (non-hydrogen) atoms. The van der Waals surface area contributed by atoms with Gasteiger partial charge in [0, 0.05) is 24.7 Å². The summed E-state index contributed by atoms with van der Waals surface area (Å²) in [5, 5.41) is 0. The van der Waals surface area contributed by atoms with Gasteiger partial charge in [0.05, 0.1) is 5.69 Å². The zero-order chi connectivity index (χ0) is 17.6. The second-order valence-electron chi connectivity index (χ2n) is 7.32. The Morgan fingerprint density at radius 3 is 2.00 bits per heavy atom. The molecule has 11 heteroatoms. The fraction of sp³-hybridized carbons (Fsp3) is 0.550. The molecular formula is C20H49ClN10. The number of hydrazine groups is 1. The van der Waals surface area contributed by atoms with Crippen molar-refractivity contribution in [2.24, 2.45) is 0 Å². The van der Waals surface area contributed by atoms with E-state index in [1.807, 2.05) is 30.3 Å². The van der Waals surface area contributed by atoms with Crippen molar-refractivity contribution in [2.75, 3.05) is 28.8 Å². The van der Waals surface area contributed by atoms with E-state index in [-0.39, 0.29) is 42.7 Å². The fourth-order valence-corrected chi connectivity index (χ4v) is 3.86. The number of piperidine rings is 1. The molecule has 0 atom stereocenters. The molecule has 0 spiro atoms. The lowest BCUT2D eigenvalue weighted by Crippen LogP contribution is -2.32. The van der Waals surface area contributed by atoms with Gasteiger partial charge in [-0.3, -0.25) is 10.9 Å². The highest BCUT2D eigenvalue weighted by atomic mass is 35.5. The third kappa shape index (κ3) is 8.42. The molecule has 10 nitrogen and oxygen atoms in total. The fourth-order valence-electron chi connectivity index (χ4n) is 3.86. The van der Waals surface area contributed by atoms with Crippen LogP contribution >= 0.6 is 12.4 Å². The summed E-state index contributed by atoms with van der Waals surface area (Å²) in [7, 11) is 0. The molecular weight excluding hydrogens is 416 g/mol. The standard InChI is InChI=1S/C20H28N6.ClH.4H3N.4H2/c1-4-10-16(11-5-1)18-21-19(25-24-17-12-6-2-7-13-17)23-20(22-18)26-14-8-3-9-15-26;;;;;;;;;/h2,6-7,12-13,16,24H,1,3-5,8-11,14-15H2,(H,21,22,23,25);1H;4*1H3;4*1H. The van der Waals surface area contributed by atoms with E-state index in [2.05, 4.69) is 15.8 Å². The van der Waals surface area contributed by atoms with E-state index in [9.17, 15) is 0 Å². The maximum absolute atomic E-state index is 4.87. The van der Waals surface area contributed by atoms with E-state index in [0.29, 0.717) is 11.9 Å². The normalized spacial score (nSPS) is 15.5. The number of aromatic nitrogens is 3. The summed E-state index contributed by atoms with van der Waals surface area (Å²) in [6.45, 7) is 2.08. The van der Waals surface area contributed by atoms with Crippen LogP contribution in [0.3, 0.4) is 0 Å². The summed E-state index contributed by atoms with van der Waals surface area (Å²) in [6.07, 6.45) is 10.0. The van der Waals surface area contributed by atoms with Crippen molar-refractivity contribution >= 4 is 30.0 Å². The van der Waals surface area contributed by atoms with Crippen LogP contribution in [-0.4, -0.2) is 28.0 Å². The van der Waals surface area contributed by atoms with Crippen molar-refractivity contribution in [1.29, 1.82) is 0 Å². The van der Waals surface area contributed by atoms with Gasteiger partial charge in [0.2, 0.25) is 11.9 Å². The van der Waals surface area contributed by atoms with Gasteiger partial charge >= 0.3 is 0 Å². The molecule has 0 amide bonds. The average Bonchev–Trinajstić information content (AvgIpc) is 2.74. The minimum atomic E-state index is 0. The molecule has 1 saturated carbocycles. The van der Waals surface area contributed by atoms with Crippen LogP contribution in [0.4, 0.5) is 17.6 Å². The van der Waals surface area contributed by atoms with E-state index in [1.165, 1.54) is 51.4 Å². The van der Waals surface area contributed by atoms with Gasteiger partial charge in [-0.2, -0.15) is 15.0 Å². The maximum Gasteiger partial charge on any atom is 0.246 e. The largest absolute Gasteiger partial charge is 0.344 e. The lowest BCUT2D eigenvalue weighted by molar-refractivity contribution is 0.427. The number of hydrogen-bond acceptors (Lipinski definition) is 10. The van der Waals surface area contributed by atoms with E-state index >= 15 is 0 Å². The molecule has 186 valence electrons. The number of nitrogens with one attached hydrogen (secondary N) is 2. The van der Waals surface area contributed by atoms with Crippen LogP contribution in [0.2, 0.25) is 0 Å². The second kappa shape index (κ2) is 15.5. The lowest BCUT2D eigenvalue weighted by atomic mass is 9.89. The summed E-state index contributed by atoms with van der Waals surface area (Å²) < 4.78 is 0. The third-order valence-corrected chi connectivity index (χ3v) is 5.34. The molecule has 0 radical (unpaired) electrons. The van der Waals surface area contributed by atoms with Crippen molar-refractivity contribution < 1.29 is 5.71 Å². The minimum Gasteiger partial charge on any atom is -0.344 e. The van der Waals surface area contributed by atoms with Gasteiger partial charge in [-0.1, -0.05) is 37.5 Å². The van der Waals surface area contributed by atoms with E-state index in [4.69, 9.17) is 15.0 Å². The van der Waals surface area contributed by atoms with Crippen LogP contribution in [0.15, 0.2) is 30.3 Å². The summed E-state index contributed by atoms with van der Waals surface area (Å²) >= 11 is 0. The summed E-state index contributed by atoms with van der Waals surface area (Å²) in [6, 6.07) is 10.0. The zero-order valence-electron chi connectivity index (χ0n) is 18.6. The summed E-state index contributed by atoms with van der Waals surface area (Å²) in [5.41, 5.74) is 7.37. The van der Waals surface area contributed by atoms with Gasteiger partial charge in [-0.25, -0.2) is 0 Å². The SMILES string of the molecule is Cl.N.N.N.N.[HH].[HH].[HH].[HH].c1ccc(NNc2nc(C3CCCCC3)nc(N3CCCCC3)n2)cc1. The molecule has 1 aliphatic heterocycles. The second-order valence-corrected chi connectivity index (χ2v) is 7.32. The highest BCUT2D eigenvalue weighted by Gasteiger charge is 2.22. The number of nitrogens with zero attached hydrogens (tertiary/aromatic N) is 4. The van der Waals surface area contributed by atoms with E-state index < -0.39 is 0 Å². The molecule has 1 aromatic carbocycles. The van der Waals surface area contributed by atoms with Gasteiger partial charge in [0.15, 0.2) is 0 Å². The van der Waals surface area contributed by atoms with Crippen LogP contribution < -0.4 is 40.4 Å². The van der Waals surface area contributed by atoms with Gasteiger partial charge in [-0.05, 0) is 44.2 Å². The predicted octanol–water partition coefficient (Wildman–Crippen LogP) is 6.40. The molecule has 1 saturated heterocycles. The molecule has 0 bridgehead atoms. The number of hydrogen-bond donors (Lipinski definition) is 6. The summed E-state index contributed by atoms with van der Waals surface area (Å²) in [4.78, 5) is 16.6. The Hall–Kier alpha value is -2.24. The molecule has 14 N–H and O–H groups in total. The first-order valence-electron chi connectivity index (χ1n) is 9.96. The molecule has 0 unspecified atom stereocenters. The van der Waals surface area contributed by atoms with Gasteiger partial charge in [-0.15, -0.1) is 12.4 Å². The Morgan fingerprint density at radius 2 is 1.35 bits per heavy atom. The molecule has 2 fully saturated rings. The Kier molecular flexibility index (Phi) is 15.5. The van der Waals surface area contributed by atoms with Crippen LogP contribution in [-0.2, 0) is 0 Å². The van der Waals surface area contributed by atoms with E-state index in [1.54, 1.807) is 0 Å².